The molecule has 0 aromatic heterocycles. The molecule has 19 heavy (non-hydrogen) atoms. The number of ether oxygens (including phenoxy) is 1. The van der Waals surface area contributed by atoms with Crippen molar-refractivity contribution in [2.45, 2.75) is 20.5 Å². The van der Waals surface area contributed by atoms with Crippen LogP contribution in [0.2, 0.25) is 0 Å². The van der Waals surface area contributed by atoms with Crippen LogP contribution in [0.25, 0.3) is 0 Å². The molecule has 0 aliphatic carbocycles. The summed E-state index contributed by atoms with van der Waals surface area (Å²) in [7, 11) is -1.52. The van der Waals surface area contributed by atoms with Crippen LogP contribution in [0.15, 0.2) is 42.5 Å². The lowest BCUT2D eigenvalue weighted by atomic mass is 9.79. The summed E-state index contributed by atoms with van der Waals surface area (Å²) >= 11 is 0. The fourth-order valence-corrected chi connectivity index (χ4v) is 1.96. The predicted octanol–water partition coefficient (Wildman–Crippen LogP) is 1.56. The Hall–Kier alpha value is -1.78. The molecule has 3 nitrogen and oxygen atoms in total. The van der Waals surface area contributed by atoms with E-state index in [0.717, 1.165) is 11.1 Å². The third kappa shape index (κ3) is 3.59. The van der Waals surface area contributed by atoms with Crippen molar-refractivity contribution in [2.75, 3.05) is 0 Å². The van der Waals surface area contributed by atoms with E-state index < -0.39 is 7.12 Å². The maximum Gasteiger partial charge on any atom is 0.492 e. The van der Waals surface area contributed by atoms with Crippen LogP contribution >= 0.6 is 0 Å². The quantitative estimate of drug-likeness (QED) is 0.816. The molecular formula is C15H17BO3. The van der Waals surface area contributed by atoms with E-state index in [2.05, 4.69) is 0 Å². The third-order valence-corrected chi connectivity index (χ3v) is 2.92. The number of hydrogen-bond donors (Lipinski definition) is 2. The van der Waals surface area contributed by atoms with Gasteiger partial charge in [0.1, 0.15) is 12.4 Å². The lowest BCUT2D eigenvalue weighted by molar-refractivity contribution is 0.306. The monoisotopic (exact) mass is 256 g/mol. The maximum absolute atomic E-state index is 9.35. The Bertz CT molecular complexity index is 567. The molecule has 0 spiro atoms. The smallest absolute Gasteiger partial charge is 0.489 e. The number of rotatable bonds is 4. The molecule has 4 heteroatoms. The molecule has 0 aliphatic rings. The number of hydrogen-bond acceptors (Lipinski definition) is 3. The van der Waals surface area contributed by atoms with Gasteiger partial charge in [-0.25, -0.2) is 0 Å². The van der Waals surface area contributed by atoms with Crippen LogP contribution in [-0.2, 0) is 6.61 Å². The Morgan fingerprint density at radius 1 is 1.00 bits per heavy atom. The normalized spacial score (nSPS) is 10.3. The van der Waals surface area contributed by atoms with Gasteiger partial charge in [-0.2, -0.15) is 0 Å². The second-order valence-electron chi connectivity index (χ2n) is 4.69. The van der Waals surface area contributed by atoms with Crippen LogP contribution in [0.1, 0.15) is 16.7 Å². The summed E-state index contributed by atoms with van der Waals surface area (Å²) in [6, 6.07) is 13.4. The second-order valence-corrected chi connectivity index (χ2v) is 4.69. The molecule has 0 saturated carbocycles. The zero-order valence-corrected chi connectivity index (χ0v) is 11.1. The fourth-order valence-electron chi connectivity index (χ4n) is 1.96. The minimum atomic E-state index is -1.52. The molecule has 98 valence electrons. The highest BCUT2D eigenvalue weighted by Crippen LogP contribution is 2.13. The average molecular weight is 256 g/mol. The topological polar surface area (TPSA) is 49.7 Å². The van der Waals surface area contributed by atoms with Gasteiger partial charge in [-0.05, 0) is 25.5 Å². The van der Waals surface area contributed by atoms with Gasteiger partial charge in [0.2, 0.25) is 0 Å². The first-order valence-corrected chi connectivity index (χ1v) is 6.21. The largest absolute Gasteiger partial charge is 0.492 e. The molecule has 0 radical (unpaired) electrons. The molecule has 2 N–H and O–H groups in total. The van der Waals surface area contributed by atoms with Crippen molar-refractivity contribution in [2.24, 2.45) is 0 Å². The molecule has 0 atom stereocenters. The molecule has 0 fully saturated rings. The van der Waals surface area contributed by atoms with Crippen LogP contribution in [0.3, 0.4) is 0 Å². The third-order valence-electron chi connectivity index (χ3n) is 2.92. The Kier molecular flexibility index (Phi) is 4.25. The standard InChI is InChI=1S/C15H17BO3/c1-11-4-3-5-13(8-11)10-19-15-7-6-12(2)9-14(15)16(17)18/h3-9,17-18H,10H2,1-2H3. The van der Waals surface area contributed by atoms with Crippen LogP contribution in [-0.4, -0.2) is 17.2 Å². The van der Waals surface area contributed by atoms with E-state index in [0.29, 0.717) is 17.8 Å². The Morgan fingerprint density at radius 3 is 2.42 bits per heavy atom. The molecule has 0 heterocycles. The Morgan fingerprint density at radius 2 is 1.74 bits per heavy atom. The molecule has 0 saturated heterocycles. The van der Waals surface area contributed by atoms with E-state index in [1.165, 1.54) is 5.56 Å². The van der Waals surface area contributed by atoms with E-state index in [-0.39, 0.29) is 0 Å². The van der Waals surface area contributed by atoms with E-state index in [1.54, 1.807) is 12.1 Å². The highest BCUT2D eigenvalue weighted by atomic mass is 16.5. The molecule has 0 bridgehead atoms. The van der Waals surface area contributed by atoms with Crippen molar-refractivity contribution in [1.29, 1.82) is 0 Å². The first-order chi connectivity index (χ1) is 9.06. The van der Waals surface area contributed by atoms with Crippen molar-refractivity contribution >= 4 is 12.6 Å². The molecule has 2 rings (SSSR count). The van der Waals surface area contributed by atoms with Crippen LogP contribution in [0.5, 0.6) is 5.75 Å². The van der Waals surface area contributed by atoms with Crippen LogP contribution in [0, 0.1) is 13.8 Å². The lowest BCUT2D eigenvalue weighted by Crippen LogP contribution is -2.31. The highest BCUT2D eigenvalue weighted by molar-refractivity contribution is 6.59. The van der Waals surface area contributed by atoms with Gasteiger partial charge in [0.25, 0.3) is 0 Å². The van der Waals surface area contributed by atoms with Crippen LogP contribution < -0.4 is 10.2 Å². The minimum absolute atomic E-state index is 0.396. The summed E-state index contributed by atoms with van der Waals surface area (Å²) in [5.41, 5.74) is 3.59. The lowest BCUT2D eigenvalue weighted by Gasteiger charge is -2.12. The van der Waals surface area contributed by atoms with Crippen LogP contribution in [0.4, 0.5) is 0 Å². The first kappa shape index (κ1) is 13.7. The molecule has 0 amide bonds. The van der Waals surface area contributed by atoms with Crippen molar-refractivity contribution in [3.05, 3.63) is 59.2 Å². The number of benzene rings is 2. The van der Waals surface area contributed by atoms with Gasteiger partial charge >= 0.3 is 7.12 Å². The van der Waals surface area contributed by atoms with Gasteiger partial charge < -0.3 is 14.8 Å². The Balaban J connectivity index is 2.15. The van der Waals surface area contributed by atoms with Crippen molar-refractivity contribution < 1.29 is 14.8 Å². The van der Waals surface area contributed by atoms with Gasteiger partial charge in [-0.3, -0.25) is 0 Å². The summed E-state index contributed by atoms with van der Waals surface area (Å²) in [5.74, 6) is 0.502. The van der Waals surface area contributed by atoms with Gasteiger partial charge in [-0.1, -0.05) is 47.5 Å². The van der Waals surface area contributed by atoms with E-state index in [1.807, 2.05) is 44.2 Å². The summed E-state index contributed by atoms with van der Waals surface area (Å²) < 4.78 is 5.67. The van der Waals surface area contributed by atoms with Crippen molar-refractivity contribution in [1.82, 2.24) is 0 Å². The fraction of sp³-hybridized carbons (Fsp3) is 0.200. The average Bonchev–Trinajstić information content (AvgIpc) is 2.37. The molecule has 2 aromatic carbocycles. The second kappa shape index (κ2) is 5.91. The molecular weight excluding hydrogens is 239 g/mol. The SMILES string of the molecule is Cc1cccc(COc2ccc(C)cc2B(O)O)c1. The number of aryl methyl sites for hydroxylation is 2. The summed E-state index contributed by atoms with van der Waals surface area (Å²) in [5, 5.41) is 18.7. The zero-order chi connectivity index (χ0) is 13.8. The Labute approximate surface area is 113 Å². The summed E-state index contributed by atoms with van der Waals surface area (Å²) in [4.78, 5) is 0. The minimum Gasteiger partial charge on any atom is -0.489 e. The molecule has 0 unspecified atom stereocenters. The predicted molar refractivity (Wildman–Crippen MR) is 76.5 cm³/mol. The van der Waals surface area contributed by atoms with Gasteiger partial charge in [0, 0.05) is 5.46 Å². The van der Waals surface area contributed by atoms with Gasteiger partial charge in [0.05, 0.1) is 0 Å². The van der Waals surface area contributed by atoms with E-state index in [4.69, 9.17) is 4.74 Å². The summed E-state index contributed by atoms with van der Waals surface area (Å²) in [6.07, 6.45) is 0. The highest BCUT2D eigenvalue weighted by Gasteiger charge is 2.17. The van der Waals surface area contributed by atoms with Gasteiger partial charge in [0.15, 0.2) is 0 Å². The van der Waals surface area contributed by atoms with Gasteiger partial charge in [-0.15, -0.1) is 0 Å². The maximum atomic E-state index is 9.35. The summed E-state index contributed by atoms with van der Waals surface area (Å²) in [6.45, 7) is 4.33. The molecule has 2 aromatic rings. The zero-order valence-electron chi connectivity index (χ0n) is 11.1. The van der Waals surface area contributed by atoms with Crippen molar-refractivity contribution in [3.63, 3.8) is 0 Å². The van der Waals surface area contributed by atoms with Crippen molar-refractivity contribution in [3.8, 4) is 5.75 Å². The first-order valence-electron chi connectivity index (χ1n) is 6.21. The van der Waals surface area contributed by atoms with E-state index >= 15 is 0 Å². The molecule has 0 aliphatic heterocycles. The van der Waals surface area contributed by atoms with E-state index in [9.17, 15) is 10.0 Å².